The van der Waals surface area contributed by atoms with Crippen LogP contribution in [0.25, 0.3) is 0 Å². The van der Waals surface area contributed by atoms with Gasteiger partial charge in [0.25, 0.3) is 0 Å². The molecule has 2 heterocycles. The number of carbonyl (C=O) groups excluding carboxylic acids is 1. The Bertz CT molecular complexity index is 534. The van der Waals surface area contributed by atoms with Crippen molar-refractivity contribution >= 4 is 23.3 Å². The minimum atomic E-state index is -0.299. The second-order valence-corrected chi connectivity index (χ2v) is 5.22. The Morgan fingerprint density at radius 2 is 2.25 bits per heavy atom. The number of likely N-dealkylation sites (tertiary alicyclic amines) is 1. The minimum absolute atomic E-state index is 0.261. The van der Waals surface area contributed by atoms with Gasteiger partial charge in [-0.2, -0.15) is 5.26 Å². The number of amides is 1. The number of primary amides is 1. The second kappa shape index (κ2) is 6.55. The molecule has 0 saturated carbocycles. The number of carbonyl (C=O) groups is 1. The maximum Gasteiger partial charge on any atom is 0.231 e. The molecule has 1 fully saturated rings. The van der Waals surface area contributed by atoms with Crippen molar-refractivity contribution in [3.05, 3.63) is 22.8 Å². The van der Waals surface area contributed by atoms with E-state index in [0.717, 1.165) is 25.9 Å². The van der Waals surface area contributed by atoms with Crippen LogP contribution in [0.5, 0.6) is 0 Å². The first-order valence-electron chi connectivity index (χ1n) is 6.41. The topological polar surface area (TPSA) is 95.0 Å². The number of nitrogens with zero attached hydrogens (tertiary/aromatic N) is 3. The van der Waals surface area contributed by atoms with Crippen LogP contribution in [0.2, 0.25) is 5.15 Å². The fraction of sp³-hybridized carbons (Fsp3) is 0.462. The van der Waals surface area contributed by atoms with Crippen LogP contribution in [0, 0.1) is 11.3 Å². The van der Waals surface area contributed by atoms with E-state index >= 15 is 0 Å². The highest BCUT2D eigenvalue weighted by Crippen LogP contribution is 2.18. The van der Waals surface area contributed by atoms with Gasteiger partial charge in [-0.15, -0.1) is 0 Å². The first-order chi connectivity index (χ1) is 9.56. The van der Waals surface area contributed by atoms with Crippen molar-refractivity contribution < 1.29 is 4.79 Å². The number of rotatable bonds is 4. The summed E-state index contributed by atoms with van der Waals surface area (Å²) in [7, 11) is 0. The van der Waals surface area contributed by atoms with Crippen molar-refractivity contribution in [3.8, 4) is 6.07 Å². The second-order valence-electron chi connectivity index (χ2n) is 4.84. The number of nitrogens with two attached hydrogens (primary N) is 1. The average Bonchev–Trinajstić information content (AvgIpc) is 2.39. The van der Waals surface area contributed by atoms with Crippen molar-refractivity contribution in [2.45, 2.75) is 18.9 Å². The number of anilines is 1. The van der Waals surface area contributed by atoms with Gasteiger partial charge in [0, 0.05) is 19.1 Å². The van der Waals surface area contributed by atoms with Crippen LogP contribution in [0.15, 0.2) is 12.1 Å². The molecule has 0 aliphatic carbocycles. The largest absolute Gasteiger partial charge is 0.369 e. The zero-order valence-corrected chi connectivity index (χ0v) is 11.7. The first-order valence-corrected chi connectivity index (χ1v) is 6.79. The van der Waals surface area contributed by atoms with E-state index in [1.165, 1.54) is 6.07 Å². The molecule has 6 nitrogen and oxygen atoms in total. The molecule has 1 aromatic rings. The normalized spacial score (nSPS) is 16.6. The van der Waals surface area contributed by atoms with Crippen LogP contribution >= 0.6 is 11.6 Å². The van der Waals surface area contributed by atoms with Gasteiger partial charge in [0.15, 0.2) is 0 Å². The molecule has 1 amide bonds. The van der Waals surface area contributed by atoms with Gasteiger partial charge in [0.05, 0.1) is 18.2 Å². The Hall–Kier alpha value is -1.84. The molecule has 20 heavy (non-hydrogen) atoms. The van der Waals surface area contributed by atoms with Crippen molar-refractivity contribution in [3.63, 3.8) is 0 Å². The summed E-state index contributed by atoms with van der Waals surface area (Å²) in [6, 6.07) is 5.52. The predicted molar refractivity (Wildman–Crippen MR) is 76.2 cm³/mol. The van der Waals surface area contributed by atoms with Gasteiger partial charge in [0.2, 0.25) is 5.91 Å². The number of hydrogen-bond donors (Lipinski definition) is 2. The number of nitrogens with one attached hydrogen (secondary N) is 1. The van der Waals surface area contributed by atoms with Crippen LogP contribution in [-0.4, -0.2) is 41.5 Å². The molecule has 1 aliphatic heterocycles. The van der Waals surface area contributed by atoms with Crippen LogP contribution in [-0.2, 0) is 4.79 Å². The molecular weight excluding hydrogens is 278 g/mol. The molecule has 106 valence electrons. The molecule has 1 aromatic heterocycles. The number of halogens is 1. The van der Waals surface area contributed by atoms with Crippen LogP contribution < -0.4 is 11.1 Å². The number of piperidine rings is 1. The van der Waals surface area contributed by atoms with Crippen LogP contribution in [0.3, 0.4) is 0 Å². The van der Waals surface area contributed by atoms with Gasteiger partial charge in [-0.25, -0.2) is 4.98 Å². The lowest BCUT2D eigenvalue weighted by Gasteiger charge is -2.31. The first kappa shape index (κ1) is 14.6. The summed E-state index contributed by atoms with van der Waals surface area (Å²) in [5.41, 5.74) is 5.66. The maximum atomic E-state index is 10.9. The fourth-order valence-electron chi connectivity index (χ4n) is 2.30. The van der Waals surface area contributed by atoms with E-state index in [1.54, 1.807) is 6.07 Å². The molecule has 0 unspecified atom stereocenters. The van der Waals surface area contributed by atoms with Gasteiger partial charge in [-0.05, 0) is 25.0 Å². The minimum Gasteiger partial charge on any atom is -0.369 e. The van der Waals surface area contributed by atoms with E-state index in [9.17, 15) is 4.79 Å². The fourth-order valence-corrected chi connectivity index (χ4v) is 2.51. The third-order valence-electron chi connectivity index (χ3n) is 3.24. The third kappa shape index (κ3) is 4.08. The van der Waals surface area contributed by atoms with Crippen molar-refractivity contribution in [2.24, 2.45) is 5.73 Å². The van der Waals surface area contributed by atoms with E-state index in [4.69, 9.17) is 22.6 Å². The van der Waals surface area contributed by atoms with E-state index < -0.39 is 0 Å². The summed E-state index contributed by atoms with van der Waals surface area (Å²) in [5.74, 6) is 0.314. The Morgan fingerprint density at radius 1 is 1.55 bits per heavy atom. The zero-order chi connectivity index (χ0) is 14.5. The van der Waals surface area contributed by atoms with Crippen molar-refractivity contribution in [2.75, 3.05) is 25.0 Å². The lowest BCUT2D eigenvalue weighted by Crippen LogP contribution is -2.43. The highest BCUT2D eigenvalue weighted by Gasteiger charge is 2.20. The molecular formula is C13H16ClN5O. The maximum absolute atomic E-state index is 10.9. The third-order valence-corrected chi connectivity index (χ3v) is 3.44. The molecule has 1 saturated heterocycles. The van der Waals surface area contributed by atoms with Gasteiger partial charge in [0.1, 0.15) is 11.0 Å². The van der Waals surface area contributed by atoms with E-state index in [2.05, 4.69) is 16.4 Å². The summed E-state index contributed by atoms with van der Waals surface area (Å²) >= 11 is 5.87. The number of hydrogen-bond acceptors (Lipinski definition) is 5. The molecule has 3 N–H and O–H groups in total. The van der Waals surface area contributed by atoms with Gasteiger partial charge >= 0.3 is 0 Å². The highest BCUT2D eigenvalue weighted by atomic mass is 35.5. The summed E-state index contributed by atoms with van der Waals surface area (Å²) in [6.45, 7) is 1.93. The molecule has 0 bridgehead atoms. The summed E-state index contributed by atoms with van der Waals surface area (Å²) in [5, 5.41) is 12.5. The molecule has 7 heteroatoms. The Kier molecular flexibility index (Phi) is 4.77. The average molecular weight is 294 g/mol. The summed E-state index contributed by atoms with van der Waals surface area (Å²) in [6.07, 6.45) is 1.78. The van der Waals surface area contributed by atoms with Crippen molar-refractivity contribution in [1.29, 1.82) is 5.26 Å². The summed E-state index contributed by atoms with van der Waals surface area (Å²) < 4.78 is 0. The zero-order valence-electron chi connectivity index (χ0n) is 11.0. The molecule has 0 aromatic carbocycles. The number of nitriles is 1. The Balaban J connectivity index is 1.91. The molecule has 0 atom stereocenters. The van der Waals surface area contributed by atoms with E-state index in [-0.39, 0.29) is 11.9 Å². The lowest BCUT2D eigenvalue weighted by molar-refractivity contribution is -0.119. The number of aromatic nitrogens is 1. The Morgan fingerprint density at radius 3 is 2.85 bits per heavy atom. The van der Waals surface area contributed by atoms with Gasteiger partial charge in [-0.3, -0.25) is 9.69 Å². The molecule has 0 radical (unpaired) electrons. The highest BCUT2D eigenvalue weighted by molar-refractivity contribution is 6.29. The number of pyridine rings is 1. The van der Waals surface area contributed by atoms with Crippen LogP contribution in [0.1, 0.15) is 18.4 Å². The van der Waals surface area contributed by atoms with Gasteiger partial charge in [-0.1, -0.05) is 11.6 Å². The predicted octanol–water partition coefficient (Wildman–Crippen LogP) is 0.968. The SMILES string of the molecule is N#Cc1cc(Cl)nc(NC2CCN(CC(N)=O)CC2)c1. The molecule has 0 spiro atoms. The van der Waals surface area contributed by atoms with Crippen LogP contribution in [0.4, 0.5) is 5.82 Å². The standard InChI is InChI=1S/C13H16ClN5O/c14-11-5-9(7-15)6-13(18-11)17-10-1-3-19(4-2-10)8-12(16)20/h5-6,10H,1-4,8H2,(H2,16,20)(H,17,18). The quantitative estimate of drug-likeness (QED) is 0.807. The van der Waals surface area contributed by atoms with Crippen molar-refractivity contribution in [1.82, 2.24) is 9.88 Å². The van der Waals surface area contributed by atoms with E-state index in [1.807, 2.05) is 4.90 Å². The van der Waals surface area contributed by atoms with Gasteiger partial charge < -0.3 is 11.1 Å². The lowest BCUT2D eigenvalue weighted by atomic mass is 10.0. The Labute approximate surface area is 122 Å². The van der Waals surface area contributed by atoms with E-state index in [0.29, 0.717) is 23.1 Å². The molecule has 1 aliphatic rings. The summed E-state index contributed by atoms with van der Waals surface area (Å²) in [4.78, 5) is 17.1. The molecule has 2 rings (SSSR count). The monoisotopic (exact) mass is 293 g/mol. The smallest absolute Gasteiger partial charge is 0.231 e.